The van der Waals surface area contributed by atoms with Gasteiger partial charge in [0, 0.05) is 5.56 Å². The quantitative estimate of drug-likeness (QED) is 0.319. The number of benzene rings is 2. The van der Waals surface area contributed by atoms with Gasteiger partial charge in [-0.15, -0.1) is 0 Å². The number of carbonyl (C=O) groups excluding carboxylic acids is 1. The Hall–Kier alpha value is -3.28. The Morgan fingerprint density at radius 3 is 2.73 bits per heavy atom. The summed E-state index contributed by atoms with van der Waals surface area (Å²) in [4.78, 5) is 32.2. The lowest BCUT2D eigenvalue weighted by Gasteiger charge is -2.05. The van der Waals surface area contributed by atoms with Crippen LogP contribution in [-0.4, -0.2) is 21.7 Å². The zero-order valence-corrected chi connectivity index (χ0v) is 11.3. The summed E-state index contributed by atoms with van der Waals surface area (Å²) in [6.45, 7) is 0.234. The molecule has 0 spiro atoms. The van der Waals surface area contributed by atoms with Crippen LogP contribution in [0.15, 0.2) is 58.5 Å². The second kappa shape index (κ2) is 4.63. The number of hydrogen-bond acceptors (Lipinski definition) is 5. The normalized spacial score (nSPS) is 13.9. The lowest BCUT2D eigenvalue weighted by Crippen LogP contribution is -2.21. The molecule has 2 aromatic carbocycles. The van der Waals surface area contributed by atoms with Gasteiger partial charge in [-0.2, -0.15) is 0 Å². The maximum absolute atomic E-state index is 12.8. The summed E-state index contributed by atoms with van der Waals surface area (Å²) in [5, 5.41) is 4.33. The van der Waals surface area contributed by atoms with Gasteiger partial charge in [0.25, 0.3) is 5.56 Å². The maximum Gasteiger partial charge on any atom is 0.323 e. The summed E-state index contributed by atoms with van der Waals surface area (Å²) < 4.78 is 1.49. The van der Waals surface area contributed by atoms with Crippen LogP contribution in [0.4, 0.5) is 0 Å². The molecular formula is C16H9N3O3. The molecule has 0 saturated carbocycles. The minimum atomic E-state index is -0.177. The van der Waals surface area contributed by atoms with E-state index in [1.54, 1.807) is 30.3 Å². The first kappa shape index (κ1) is 12.5. The van der Waals surface area contributed by atoms with E-state index in [1.807, 2.05) is 18.2 Å². The third-order valence-corrected chi connectivity index (χ3v) is 3.57. The number of aromatic nitrogens is 2. The van der Waals surface area contributed by atoms with E-state index >= 15 is 0 Å². The van der Waals surface area contributed by atoms with E-state index in [4.69, 9.17) is 0 Å². The molecule has 6 heteroatoms. The zero-order chi connectivity index (χ0) is 15.1. The molecule has 106 valence electrons. The topological polar surface area (TPSA) is 73.5 Å². The van der Waals surface area contributed by atoms with Crippen molar-refractivity contribution in [1.82, 2.24) is 9.55 Å². The van der Waals surface area contributed by atoms with Crippen LogP contribution in [0.2, 0.25) is 0 Å². The van der Waals surface area contributed by atoms with Crippen LogP contribution in [0, 0.1) is 0 Å². The van der Waals surface area contributed by atoms with E-state index in [0.717, 1.165) is 0 Å². The molecule has 1 aliphatic heterocycles. The van der Waals surface area contributed by atoms with Crippen molar-refractivity contribution in [3.8, 4) is 5.69 Å². The van der Waals surface area contributed by atoms with Crippen LogP contribution in [0.1, 0.15) is 11.4 Å². The summed E-state index contributed by atoms with van der Waals surface area (Å²) in [6, 6.07) is 14.4. The second-order valence-corrected chi connectivity index (χ2v) is 4.75. The second-order valence-electron chi connectivity index (χ2n) is 4.75. The number of nitrogens with zero attached hydrogens (tertiary/aromatic N) is 3. The highest BCUT2D eigenvalue weighted by molar-refractivity contribution is 6.16. The number of para-hydroxylation sites is 2. The Morgan fingerprint density at radius 2 is 1.86 bits per heavy atom. The molecular weight excluding hydrogens is 282 g/mol. The molecule has 3 aromatic rings. The van der Waals surface area contributed by atoms with E-state index in [1.165, 1.54) is 4.57 Å². The Labute approximate surface area is 124 Å². The van der Waals surface area contributed by atoms with E-state index < -0.39 is 0 Å². The molecule has 6 nitrogen and oxygen atoms in total. The number of oxime groups is 1. The molecule has 22 heavy (non-hydrogen) atoms. The molecule has 1 aromatic heterocycles. The molecule has 4 rings (SSSR count). The zero-order valence-electron chi connectivity index (χ0n) is 11.3. The van der Waals surface area contributed by atoms with E-state index in [0.29, 0.717) is 33.7 Å². The van der Waals surface area contributed by atoms with Crippen molar-refractivity contribution in [2.24, 2.45) is 5.16 Å². The van der Waals surface area contributed by atoms with Crippen molar-refractivity contribution in [2.75, 3.05) is 0 Å². The first-order valence-electron chi connectivity index (χ1n) is 6.60. The molecule has 0 atom stereocenters. The molecule has 0 saturated heterocycles. The third kappa shape index (κ3) is 1.61. The molecule has 2 heterocycles. The first-order valence-corrected chi connectivity index (χ1v) is 6.60. The predicted octanol–water partition coefficient (Wildman–Crippen LogP) is 1.62. The maximum atomic E-state index is 12.8. The van der Waals surface area contributed by atoms with Gasteiger partial charge in [-0.1, -0.05) is 35.5 Å². The Bertz CT molecular complexity index is 1000. The minimum Gasteiger partial charge on any atom is -0.321 e. The fourth-order valence-corrected chi connectivity index (χ4v) is 2.67. The van der Waals surface area contributed by atoms with Gasteiger partial charge >= 0.3 is 6.47 Å². The highest BCUT2D eigenvalue weighted by Gasteiger charge is 2.28. The van der Waals surface area contributed by atoms with Crippen molar-refractivity contribution in [3.63, 3.8) is 0 Å². The standard InChI is InChI=1S/C16H9N3O3/c20-9-22-18-14-11-6-2-4-8-13(11)19-15(14)17-12-7-3-1-5-10(12)16(19)21/h1-9H/b18-14+. The number of rotatable bonds is 2. The first-order chi connectivity index (χ1) is 10.8. The molecule has 0 radical (unpaired) electrons. The van der Waals surface area contributed by atoms with Gasteiger partial charge in [0.2, 0.25) is 0 Å². The largest absolute Gasteiger partial charge is 0.323 e. The van der Waals surface area contributed by atoms with Gasteiger partial charge in [0.15, 0.2) is 11.5 Å². The minimum absolute atomic E-state index is 0.177. The Balaban J connectivity index is 2.15. The molecule has 0 fully saturated rings. The highest BCUT2D eigenvalue weighted by Crippen LogP contribution is 2.26. The summed E-state index contributed by atoms with van der Waals surface area (Å²) in [5.41, 5.74) is 2.14. The van der Waals surface area contributed by atoms with E-state index in [2.05, 4.69) is 15.0 Å². The van der Waals surface area contributed by atoms with Gasteiger partial charge in [-0.05, 0) is 18.2 Å². The number of fused-ring (bicyclic) bond motifs is 4. The van der Waals surface area contributed by atoms with Crippen LogP contribution in [-0.2, 0) is 9.63 Å². The molecule has 0 bridgehead atoms. The van der Waals surface area contributed by atoms with E-state index in [9.17, 15) is 9.59 Å². The van der Waals surface area contributed by atoms with Crippen molar-refractivity contribution in [3.05, 3.63) is 70.3 Å². The van der Waals surface area contributed by atoms with Crippen molar-refractivity contribution < 1.29 is 9.63 Å². The fourth-order valence-electron chi connectivity index (χ4n) is 2.67. The van der Waals surface area contributed by atoms with Crippen molar-refractivity contribution >= 4 is 23.1 Å². The van der Waals surface area contributed by atoms with Gasteiger partial charge in [-0.3, -0.25) is 14.2 Å². The average molecular weight is 291 g/mol. The number of hydrogen-bond donors (Lipinski definition) is 0. The van der Waals surface area contributed by atoms with Gasteiger partial charge < -0.3 is 4.84 Å². The van der Waals surface area contributed by atoms with Crippen LogP contribution in [0.25, 0.3) is 16.6 Å². The summed E-state index contributed by atoms with van der Waals surface area (Å²) in [6.07, 6.45) is 0. The van der Waals surface area contributed by atoms with Crippen LogP contribution < -0.4 is 5.56 Å². The van der Waals surface area contributed by atoms with Gasteiger partial charge in [0.1, 0.15) is 0 Å². The van der Waals surface area contributed by atoms with Crippen LogP contribution in [0.5, 0.6) is 0 Å². The molecule has 0 aliphatic carbocycles. The summed E-state index contributed by atoms with van der Waals surface area (Å²) >= 11 is 0. The lowest BCUT2D eigenvalue weighted by atomic mass is 10.1. The Kier molecular flexibility index (Phi) is 2.62. The van der Waals surface area contributed by atoms with Crippen LogP contribution >= 0.6 is 0 Å². The lowest BCUT2D eigenvalue weighted by molar-refractivity contribution is -0.128. The summed E-state index contributed by atoms with van der Waals surface area (Å²) in [5.74, 6) is 0.367. The van der Waals surface area contributed by atoms with Crippen molar-refractivity contribution in [2.45, 2.75) is 0 Å². The average Bonchev–Trinajstić information content (AvgIpc) is 2.87. The molecule has 1 aliphatic rings. The monoisotopic (exact) mass is 291 g/mol. The molecule has 0 N–H and O–H groups in total. The van der Waals surface area contributed by atoms with Crippen LogP contribution in [0.3, 0.4) is 0 Å². The Morgan fingerprint density at radius 1 is 1.09 bits per heavy atom. The summed E-state index contributed by atoms with van der Waals surface area (Å²) in [7, 11) is 0. The van der Waals surface area contributed by atoms with E-state index in [-0.39, 0.29) is 12.0 Å². The van der Waals surface area contributed by atoms with Crippen molar-refractivity contribution in [1.29, 1.82) is 0 Å². The predicted molar refractivity (Wildman–Crippen MR) is 80.1 cm³/mol. The third-order valence-electron chi connectivity index (χ3n) is 3.57. The molecule has 0 unspecified atom stereocenters. The van der Waals surface area contributed by atoms with Gasteiger partial charge in [-0.25, -0.2) is 4.98 Å². The smallest absolute Gasteiger partial charge is 0.321 e. The fraction of sp³-hybridized carbons (Fsp3) is 0. The highest BCUT2D eigenvalue weighted by atomic mass is 16.7. The molecule has 0 amide bonds. The van der Waals surface area contributed by atoms with Gasteiger partial charge in [0.05, 0.1) is 16.6 Å². The SMILES string of the molecule is O=CO/N=C1\c2ccccc2-n2c1nc1ccccc1c2=O. The number of carbonyl (C=O) groups is 1.